The lowest BCUT2D eigenvalue weighted by Gasteiger charge is -2.04. The van der Waals surface area contributed by atoms with Crippen LogP contribution in [-0.2, 0) is 10.1 Å². The molecule has 0 rings (SSSR count). The molecule has 0 aliphatic rings. The van der Waals surface area contributed by atoms with Crippen LogP contribution >= 0.6 is 11.6 Å². The van der Waals surface area contributed by atoms with E-state index in [-0.39, 0.29) is 0 Å². The zero-order valence-corrected chi connectivity index (χ0v) is 9.44. The highest BCUT2D eigenvalue weighted by molar-refractivity contribution is 7.87. The fraction of sp³-hybridized carbons (Fsp3) is 1.00. The van der Waals surface area contributed by atoms with Crippen LogP contribution in [0.4, 0.5) is 0 Å². The van der Waals surface area contributed by atoms with Crippen molar-refractivity contribution in [3.05, 3.63) is 0 Å². The third-order valence-electron chi connectivity index (χ3n) is 1.86. The van der Waals surface area contributed by atoms with Crippen LogP contribution < -0.4 is 0 Å². The van der Waals surface area contributed by atoms with Crippen LogP contribution in [0.1, 0.15) is 45.4 Å². The molecule has 1 atom stereocenters. The van der Waals surface area contributed by atoms with Gasteiger partial charge in [-0.3, -0.25) is 4.55 Å². The van der Waals surface area contributed by atoms with Gasteiger partial charge in [-0.25, -0.2) is 0 Å². The minimum absolute atomic E-state index is 0.337. The molecule has 0 spiro atoms. The van der Waals surface area contributed by atoms with E-state index in [1.54, 1.807) is 0 Å². The van der Waals surface area contributed by atoms with Crippen LogP contribution in [-0.4, -0.2) is 17.7 Å². The van der Waals surface area contributed by atoms with E-state index in [1.165, 1.54) is 6.42 Å². The van der Waals surface area contributed by atoms with Crippen LogP contribution in [0.25, 0.3) is 0 Å². The monoisotopic (exact) mass is 228 g/mol. The number of hydrogen-bond donors (Lipinski definition) is 1. The summed E-state index contributed by atoms with van der Waals surface area (Å²) in [6, 6.07) is 0. The average molecular weight is 229 g/mol. The summed E-state index contributed by atoms with van der Waals surface area (Å²) >= 11 is 5.43. The maximum absolute atomic E-state index is 10.5. The predicted octanol–water partition coefficient (Wildman–Crippen LogP) is 2.80. The van der Waals surface area contributed by atoms with Gasteiger partial charge < -0.3 is 0 Å². The Morgan fingerprint density at radius 2 is 1.77 bits per heavy atom. The van der Waals surface area contributed by atoms with E-state index in [0.717, 1.165) is 25.7 Å². The van der Waals surface area contributed by atoms with E-state index in [0.29, 0.717) is 6.42 Å². The summed E-state index contributed by atoms with van der Waals surface area (Å²) < 4.78 is 28.3. The molecule has 3 nitrogen and oxygen atoms in total. The Labute approximate surface area is 85.2 Å². The second-order valence-corrected chi connectivity index (χ2v) is 5.51. The summed E-state index contributed by atoms with van der Waals surface area (Å²) in [4.78, 5) is 0. The van der Waals surface area contributed by atoms with E-state index in [2.05, 4.69) is 6.92 Å². The van der Waals surface area contributed by atoms with Gasteiger partial charge in [0.25, 0.3) is 10.1 Å². The first kappa shape index (κ1) is 13.2. The molecular formula is C8H17ClO3S. The molecule has 0 aromatic carbocycles. The zero-order valence-electron chi connectivity index (χ0n) is 7.87. The first-order valence-electron chi connectivity index (χ1n) is 4.59. The molecule has 0 radical (unpaired) electrons. The van der Waals surface area contributed by atoms with E-state index in [9.17, 15) is 8.42 Å². The van der Waals surface area contributed by atoms with E-state index in [4.69, 9.17) is 16.2 Å². The Hall–Kier alpha value is 0.200. The standard InChI is InChI=1S/C8H17ClO3S/c1-2-3-4-5-6-7-8(9)13(10,11)12/h8H,2-7H2,1H3,(H,10,11,12). The lowest BCUT2D eigenvalue weighted by Crippen LogP contribution is -2.13. The Morgan fingerprint density at radius 3 is 2.23 bits per heavy atom. The summed E-state index contributed by atoms with van der Waals surface area (Å²) in [5, 5.41) is 0. The third-order valence-corrected chi connectivity index (χ3v) is 3.63. The summed E-state index contributed by atoms with van der Waals surface area (Å²) in [6.07, 6.45) is 5.50. The highest BCUT2D eigenvalue weighted by Crippen LogP contribution is 2.14. The van der Waals surface area contributed by atoms with Crippen molar-refractivity contribution < 1.29 is 13.0 Å². The fourth-order valence-corrected chi connectivity index (χ4v) is 1.68. The highest BCUT2D eigenvalue weighted by atomic mass is 35.5. The van der Waals surface area contributed by atoms with Crippen molar-refractivity contribution in [1.29, 1.82) is 0 Å². The van der Waals surface area contributed by atoms with Gasteiger partial charge in [0.1, 0.15) is 0 Å². The molecule has 1 N–H and O–H groups in total. The molecule has 0 saturated heterocycles. The van der Waals surface area contributed by atoms with Gasteiger partial charge in [-0.2, -0.15) is 8.42 Å². The molecule has 80 valence electrons. The molecule has 1 unspecified atom stereocenters. The second-order valence-electron chi connectivity index (χ2n) is 3.13. The van der Waals surface area contributed by atoms with Crippen LogP contribution in [0.5, 0.6) is 0 Å². The van der Waals surface area contributed by atoms with E-state index >= 15 is 0 Å². The van der Waals surface area contributed by atoms with Crippen LogP contribution in [0.3, 0.4) is 0 Å². The smallest absolute Gasteiger partial charge is 0.281 e. The largest absolute Gasteiger partial charge is 0.284 e. The zero-order chi connectivity index (χ0) is 10.3. The molecule has 0 aliphatic heterocycles. The molecule has 0 aromatic rings. The lowest BCUT2D eigenvalue weighted by atomic mass is 10.1. The van der Waals surface area contributed by atoms with Gasteiger partial charge in [-0.05, 0) is 6.42 Å². The van der Waals surface area contributed by atoms with Crippen molar-refractivity contribution in [1.82, 2.24) is 0 Å². The van der Waals surface area contributed by atoms with Crippen molar-refractivity contribution in [2.75, 3.05) is 0 Å². The van der Waals surface area contributed by atoms with E-state index < -0.39 is 14.8 Å². The van der Waals surface area contributed by atoms with Gasteiger partial charge in [0, 0.05) is 0 Å². The van der Waals surface area contributed by atoms with Gasteiger partial charge in [0.15, 0.2) is 4.71 Å². The first-order chi connectivity index (χ1) is 5.98. The topological polar surface area (TPSA) is 54.4 Å². The number of hydrogen-bond acceptors (Lipinski definition) is 2. The molecule has 0 aromatic heterocycles. The van der Waals surface area contributed by atoms with E-state index in [1.807, 2.05) is 0 Å². The second kappa shape index (κ2) is 6.62. The minimum atomic E-state index is -4.03. The molecule has 0 saturated carbocycles. The molecule has 0 fully saturated rings. The van der Waals surface area contributed by atoms with Crippen LogP contribution in [0, 0.1) is 0 Å². The quantitative estimate of drug-likeness (QED) is 0.414. The predicted molar refractivity (Wildman–Crippen MR) is 54.6 cm³/mol. The van der Waals surface area contributed by atoms with Gasteiger partial charge in [0.05, 0.1) is 0 Å². The van der Waals surface area contributed by atoms with Crippen molar-refractivity contribution in [2.45, 2.75) is 50.2 Å². The summed E-state index contributed by atoms with van der Waals surface area (Å²) in [5.74, 6) is 0. The number of alkyl halides is 1. The van der Waals surface area contributed by atoms with Crippen molar-refractivity contribution in [3.63, 3.8) is 0 Å². The Morgan fingerprint density at radius 1 is 1.23 bits per heavy atom. The van der Waals surface area contributed by atoms with Gasteiger partial charge in [-0.1, -0.05) is 39.0 Å². The van der Waals surface area contributed by atoms with Crippen LogP contribution in [0.2, 0.25) is 0 Å². The van der Waals surface area contributed by atoms with Crippen molar-refractivity contribution in [3.8, 4) is 0 Å². The third kappa shape index (κ3) is 7.28. The average Bonchev–Trinajstić information content (AvgIpc) is 2.02. The molecule has 5 heteroatoms. The Balaban J connectivity index is 3.44. The number of unbranched alkanes of at least 4 members (excludes halogenated alkanes) is 4. The Bertz CT molecular complexity index is 213. The Kier molecular flexibility index (Phi) is 6.73. The summed E-state index contributed by atoms with van der Waals surface area (Å²) in [5.41, 5.74) is 0. The number of halogens is 1. The molecular weight excluding hydrogens is 212 g/mol. The fourth-order valence-electron chi connectivity index (χ4n) is 1.06. The SMILES string of the molecule is CCCCCCCC(Cl)S(=O)(=O)O. The van der Waals surface area contributed by atoms with Gasteiger partial charge in [-0.15, -0.1) is 11.6 Å². The van der Waals surface area contributed by atoms with Crippen molar-refractivity contribution >= 4 is 21.7 Å². The highest BCUT2D eigenvalue weighted by Gasteiger charge is 2.18. The maximum Gasteiger partial charge on any atom is 0.281 e. The summed E-state index contributed by atoms with van der Waals surface area (Å²) in [6.45, 7) is 2.11. The minimum Gasteiger partial charge on any atom is -0.284 e. The first-order valence-corrected chi connectivity index (χ1v) is 6.52. The van der Waals surface area contributed by atoms with Crippen molar-refractivity contribution in [2.24, 2.45) is 0 Å². The molecule has 13 heavy (non-hydrogen) atoms. The van der Waals surface area contributed by atoms with Gasteiger partial charge in [0.2, 0.25) is 0 Å². The number of rotatable bonds is 7. The van der Waals surface area contributed by atoms with Crippen LogP contribution in [0.15, 0.2) is 0 Å². The molecule has 0 bridgehead atoms. The molecule has 0 amide bonds. The molecule has 0 heterocycles. The molecule has 0 aliphatic carbocycles. The maximum atomic E-state index is 10.5. The summed E-state index contributed by atoms with van der Waals surface area (Å²) in [7, 11) is -4.03. The lowest BCUT2D eigenvalue weighted by molar-refractivity contribution is 0.473. The normalized spacial score (nSPS) is 14.4. The van der Waals surface area contributed by atoms with Gasteiger partial charge >= 0.3 is 0 Å².